The summed E-state index contributed by atoms with van der Waals surface area (Å²) >= 11 is 0. The van der Waals surface area contributed by atoms with E-state index >= 15 is 0 Å². The van der Waals surface area contributed by atoms with Gasteiger partial charge in [0.15, 0.2) is 0 Å². The molecule has 0 radical (unpaired) electrons. The predicted octanol–water partition coefficient (Wildman–Crippen LogP) is 4.12. The lowest BCUT2D eigenvalue weighted by Crippen LogP contribution is -2.24. The number of hydrogen-bond acceptors (Lipinski definition) is 1. The second-order valence-electron chi connectivity index (χ2n) is 4.59. The second-order valence-corrected chi connectivity index (χ2v) is 4.59. The van der Waals surface area contributed by atoms with Gasteiger partial charge in [0.1, 0.15) is 0 Å². The van der Waals surface area contributed by atoms with Crippen LogP contribution in [0.15, 0.2) is 24.3 Å². The Balaban J connectivity index is 0.00000225. The monoisotopic (exact) mass is 241 g/mol. The van der Waals surface area contributed by atoms with E-state index in [1.807, 2.05) is 0 Å². The van der Waals surface area contributed by atoms with E-state index in [1.54, 1.807) is 0 Å². The van der Waals surface area contributed by atoms with Crippen LogP contribution in [0.2, 0.25) is 0 Å². The van der Waals surface area contributed by atoms with Gasteiger partial charge in [-0.1, -0.05) is 45.0 Å². The summed E-state index contributed by atoms with van der Waals surface area (Å²) in [6.45, 7) is 9.87. The fourth-order valence-corrected chi connectivity index (χ4v) is 1.46. The summed E-state index contributed by atoms with van der Waals surface area (Å²) < 4.78 is 0. The number of hydrogen-bond donors (Lipinski definition) is 1. The van der Waals surface area contributed by atoms with Gasteiger partial charge < -0.3 is 5.32 Å². The van der Waals surface area contributed by atoms with E-state index in [4.69, 9.17) is 0 Å². The molecule has 2 heteroatoms. The van der Waals surface area contributed by atoms with Crippen LogP contribution in [0.5, 0.6) is 0 Å². The van der Waals surface area contributed by atoms with Crippen LogP contribution in [-0.4, -0.2) is 6.04 Å². The van der Waals surface area contributed by atoms with Gasteiger partial charge in [0.2, 0.25) is 0 Å². The highest BCUT2D eigenvalue weighted by molar-refractivity contribution is 5.85. The molecule has 0 aromatic heterocycles. The zero-order valence-corrected chi connectivity index (χ0v) is 11.6. The Hall–Kier alpha value is -0.530. The summed E-state index contributed by atoms with van der Waals surface area (Å²) in [5, 5.41) is 3.50. The Morgan fingerprint density at radius 3 is 2.06 bits per heavy atom. The standard InChI is InChI=1S/C14H23N.ClH/c1-5-12(4)15-10-13-6-8-14(9-7-13)11(2)3;/h6-9,11-12,15H,5,10H2,1-4H3;1H. The number of rotatable bonds is 5. The van der Waals surface area contributed by atoms with Crippen molar-refractivity contribution in [1.29, 1.82) is 0 Å². The van der Waals surface area contributed by atoms with Crippen molar-refractivity contribution in [2.24, 2.45) is 0 Å². The molecule has 0 spiro atoms. The molecule has 1 N–H and O–H groups in total. The van der Waals surface area contributed by atoms with E-state index in [-0.39, 0.29) is 12.4 Å². The third-order valence-corrected chi connectivity index (χ3v) is 2.91. The molecule has 0 aliphatic carbocycles. The van der Waals surface area contributed by atoms with E-state index < -0.39 is 0 Å². The number of nitrogens with one attached hydrogen (secondary N) is 1. The van der Waals surface area contributed by atoms with E-state index in [9.17, 15) is 0 Å². The van der Waals surface area contributed by atoms with E-state index in [0.717, 1.165) is 6.54 Å². The summed E-state index contributed by atoms with van der Waals surface area (Å²) in [6.07, 6.45) is 1.18. The quantitative estimate of drug-likeness (QED) is 0.818. The Bertz CT molecular complexity index is 279. The molecule has 1 atom stereocenters. The first-order valence-corrected chi connectivity index (χ1v) is 5.95. The molecule has 92 valence electrons. The third-order valence-electron chi connectivity index (χ3n) is 2.91. The molecule has 0 fully saturated rings. The summed E-state index contributed by atoms with van der Waals surface area (Å²) in [5.74, 6) is 0.626. The van der Waals surface area contributed by atoms with Crippen molar-refractivity contribution >= 4 is 12.4 Å². The molecule has 0 saturated carbocycles. The van der Waals surface area contributed by atoms with Gasteiger partial charge in [-0.05, 0) is 30.4 Å². The maximum Gasteiger partial charge on any atom is 0.0207 e. The molecule has 0 aliphatic heterocycles. The fraction of sp³-hybridized carbons (Fsp3) is 0.571. The smallest absolute Gasteiger partial charge is 0.0207 e. The molecule has 0 aliphatic rings. The van der Waals surface area contributed by atoms with Crippen molar-refractivity contribution in [1.82, 2.24) is 5.32 Å². The van der Waals surface area contributed by atoms with Crippen LogP contribution >= 0.6 is 12.4 Å². The lowest BCUT2D eigenvalue weighted by atomic mass is 10.0. The summed E-state index contributed by atoms with van der Waals surface area (Å²) in [7, 11) is 0. The van der Waals surface area contributed by atoms with Crippen LogP contribution in [0.1, 0.15) is 51.2 Å². The van der Waals surface area contributed by atoms with Crippen molar-refractivity contribution in [3.8, 4) is 0 Å². The van der Waals surface area contributed by atoms with Gasteiger partial charge >= 0.3 is 0 Å². The molecule has 1 rings (SSSR count). The van der Waals surface area contributed by atoms with Crippen LogP contribution < -0.4 is 5.32 Å². The summed E-state index contributed by atoms with van der Waals surface area (Å²) in [6, 6.07) is 9.53. The predicted molar refractivity (Wildman–Crippen MR) is 74.4 cm³/mol. The molecule has 0 heterocycles. The van der Waals surface area contributed by atoms with E-state index in [2.05, 4.69) is 57.3 Å². The van der Waals surface area contributed by atoms with Crippen molar-refractivity contribution in [3.05, 3.63) is 35.4 Å². The molecule has 1 unspecified atom stereocenters. The average molecular weight is 242 g/mol. The van der Waals surface area contributed by atoms with Gasteiger partial charge in [0.05, 0.1) is 0 Å². The highest BCUT2D eigenvalue weighted by Gasteiger charge is 2.00. The van der Waals surface area contributed by atoms with Gasteiger partial charge in [0, 0.05) is 12.6 Å². The molecule has 1 nitrogen and oxygen atoms in total. The van der Waals surface area contributed by atoms with Crippen molar-refractivity contribution < 1.29 is 0 Å². The minimum absolute atomic E-state index is 0. The Morgan fingerprint density at radius 2 is 1.62 bits per heavy atom. The number of halogens is 1. The van der Waals surface area contributed by atoms with E-state index in [1.165, 1.54) is 17.5 Å². The Morgan fingerprint density at radius 1 is 1.06 bits per heavy atom. The molecule has 0 bridgehead atoms. The molecule has 0 amide bonds. The molecule has 0 saturated heterocycles. The maximum absolute atomic E-state index is 3.50. The largest absolute Gasteiger partial charge is 0.310 e. The fourth-order valence-electron chi connectivity index (χ4n) is 1.46. The minimum atomic E-state index is 0. The van der Waals surface area contributed by atoms with Crippen molar-refractivity contribution in [2.45, 2.75) is 52.6 Å². The van der Waals surface area contributed by atoms with E-state index in [0.29, 0.717) is 12.0 Å². The highest BCUT2D eigenvalue weighted by atomic mass is 35.5. The molecular weight excluding hydrogens is 218 g/mol. The minimum Gasteiger partial charge on any atom is -0.310 e. The van der Waals surface area contributed by atoms with Gasteiger partial charge in [0.25, 0.3) is 0 Å². The summed E-state index contributed by atoms with van der Waals surface area (Å²) in [5.41, 5.74) is 2.79. The van der Waals surface area contributed by atoms with Crippen molar-refractivity contribution in [2.75, 3.05) is 0 Å². The van der Waals surface area contributed by atoms with Crippen LogP contribution in [0.3, 0.4) is 0 Å². The lowest BCUT2D eigenvalue weighted by Gasteiger charge is -2.12. The van der Waals surface area contributed by atoms with Crippen LogP contribution in [-0.2, 0) is 6.54 Å². The topological polar surface area (TPSA) is 12.0 Å². The SMILES string of the molecule is CCC(C)NCc1ccc(C(C)C)cc1.Cl. The zero-order valence-electron chi connectivity index (χ0n) is 10.8. The average Bonchev–Trinajstić information content (AvgIpc) is 2.26. The van der Waals surface area contributed by atoms with Gasteiger partial charge in [-0.2, -0.15) is 0 Å². The lowest BCUT2D eigenvalue weighted by molar-refractivity contribution is 0.534. The first-order chi connectivity index (χ1) is 7.13. The van der Waals surface area contributed by atoms with Crippen LogP contribution in [0.25, 0.3) is 0 Å². The Kier molecular flexibility index (Phi) is 7.44. The molecule has 1 aromatic carbocycles. The highest BCUT2D eigenvalue weighted by Crippen LogP contribution is 2.14. The Labute approximate surface area is 106 Å². The number of benzene rings is 1. The van der Waals surface area contributed by atoms with Gasteiger partial charge in [-0.3, -0.25) is 0 Å². The maximum atomic E-state index is 3.50. The zero-order chi connectivity index (χ0) is 11.3. The molecular formula is C14H24ClN. The van der Waals surface area contributed by atoms with Crippen molar-refractivity contribution in [3.63, 3.8) is 0 Å². The summed E-state index contributed by atoms with van der Waals surface area (Å²) in [4.78, 5) is 0. The molecule has 16 heavy (non-hydrogen) atoms. The normalized spacial score (nSPS) is 12.3. The van der Waals surface area contributed by atoms with Crippen LogP contribution in [0, 0.1) is 0 Å². The second kappa shape index (κ2) is 7.70. The first kappa shape index (κ1) is 15.5. The third kappa shape index (κ3) is 5.00. The first-order valence-electron chi connectivity index (χ1n) is 5.95. The van der Waals surface area contributed by atoms with Gasteiger partial charge in [-0.25, -0.2) is 0 Å². The van der Waals surface area contributed by atoms with Crippen LogP contribution in [0.4, 0.5) is 0 Å². The molecule has 1 aromatic rings. The van der Waals surface area contributed by atoms with Gasteiger partial charge in [-0.15, -0.1) is 12.4 Å².